The molecule has 1 aromatic rings. The Bertz CT molecular complexity index is 1580. The molecule has 0 spiro atoms. The lowest BCUT2D eigenvalue weighted by molar-refractivity contribution is -0.384. The maximum atomic E-state index is 13.1. The lowest BCUT2D eigenvalue weighted by atomic mass is 9.86. The van der Waals surface area contributed by atoms with E-state index in [-0.39, 0.29) is 42.1 Å². The van der Waals surface area contributed by atoms with E-state index in [2.05, 4.69) is 10.6 Å². The van der Waals surface area contributed by atoms with Crippen molar-refractivity contribution in [1.29, 1.82) is 0 Å². The zero-order chi connectivity index (χ0) is 38.1. The van der Waals surface area contributed by atoms with Crippen molar-refractivity contribution in [3.05, 3.63) is 106 Å². The topological polar surface area (TPSA) is 172 Å². The maximum absolute atomic E-state index is 13.1. The van der Waals surface area contributed by atoms with E-state index in [1.165, 1.54) is 43.7 Å². The summed E-state index contributed by atoms with van der Waals surface area (Å²) in [6, 6.07) is 4.07. The summed E-state index contributed by atoms with van der Waals surface area (Å²) in [6.07, 6.45) is 13.7. The zero-order valence-corrected chi connectivity index (χ0v) is 30.6. The summed E-state index contributed by atoms with van der Waals surface area (Å²) >= 11 is 5.96. The third-order valence-electron chi connectivity index (χ3n) is 7.38. The Morgan fingerprint density at radius 2 is 1.78 bits per heavy atom. The van der Waals surface area contributed by atoms with Crippen LogP contribution in [0.3, 0.4) is 0 Å². The fourth-order valence-electron chi connectivity index (χ4n) is 4.66. The lowest BCUT2D eigenvalue weighted by Gasteiger charge is -2.29. The number of nitro benzene ring substituents is 1. The van der Waals surface area contributed by atoms with Crippen LogP contribution < -0.4 is 15.4 Å². The van der Waals surface area contributed by atoms with Crippen LogP contribution in [0.4, 0.5) is 10.5 Å². The number of hydrogen-bond donors (Lipinski definition) is 2. The predicted octanol–water partition coefficient (Wildman–Crippen LogP) is 7.10. The summed E-state index contributed by atoms with van der Waals surface area (Å²) in [5.74, 6) is -1.17. The molecule has 2 amide bonds. The minimum atomic E-state index is -1.02. The monoisotopic (exact) mass is 727 g/mol. The van der Waals surface area contributed by atoms with Crippen LogP contribution in [-0.2, 0) is 28.6 Å². The molecule has 0 radical (unpaired) electrons. The predicted molar refractivity (Wildman–Crippen MR) is 192 cm³/mol. The van der Waals surface area contributed by atoms with E-state index in [1.54, 1.807) is 37.3 Å². The van der Waals surface area contributed by atoms with E-state index in [4.69, 9.17) is 30.5 Å². The summed E-state index contributed by atoms with van der Waals surface area (Å²) in [5.41, 5.74) is 0.120. The molecular formula is C37H46ClN3O10. The molecule has 276 valence electrons. The summed E-state index contributed by atoms with van der Waals surface area (Å²) in [5, 5.41) is 16.7. The normalized spacial score (nSPS) is 17.4. The van der Waals surface area contributed by atoms with Crippen LogP contribution in [-0.4, -0.2) is 54.2 Å². The molecule has 2 rings (SSSR count). The molecule has 13 nitrogen and oxygen atoms in total. The standard InChI is InChI=1S/C37H46ClN3O10/c1-24(23-25(2)30-20-21-31(48-7)35(44)51-30)11-8-9-13-32(42)40-33(37(4,5)6)34(43)39-22-10-12-28(17-14-26(3)38)49-36(45)50-29-18-15-27(16-19-29)41(46)47/h8-11,13-16,18-19,21-23,25,28,30,33H,12,17,20H2,1-7H3,(H,39,43)(H,40,42)/b11-8-,13-9-,22-10-,24-23+,26-14+/t25-,28?,30?,33+/m0/s1. The van der Waals surface area contributed by atoms with Crippen LogP contribution in [0.15, 0.2) is 95.4 Å². The highest BCUT2D eigenvalue weighted by molar-refractivity contribution is 6.29. The van der Waals surface area contributed by atoms with Gasteiger partial charge in [-0.25, -0.2) is 9.59 Å². The number of ether oxygens (including phenoxy) is 4. The highest BCUT2D eigenvalue weighted by Gasteiger charge is 2.32. The van der Waals surface area contributed by atoms with Crippen molar-refractivity contribution < 1.29 is 43.0 Å². The van der Waals surface area contributed by atoms with E-state index in [1.807, 2.05) is 46.8 Å². The molecule has 14 heteroatoms. The third kappa shape index (κ3) is 15.5. The molecule has 2 unspecified atom stereocenters. The number of hydrogen-bond acceptors (Lipinski definition) is 10. The third-order valence-corrected chi connectivity index (χ3v) is 7.53. The first-order chi connectivity index (χ1) is 24.0. The molecule has 0 fully saturated rings. The number of nitrogens with zero attached hydrogens (tertiary/aromatic N) is 1. The van der Waals surface area contributed by atoms with Gasteiger partial charge in [0.2, 0.25) is 11.8 Å². The fraction of sp³-hybridized carbons (Fsp3) is 0.405. The van der Waals surface area contributed by atoms with Gasteiger partial charge in [0.05, 0.1) is 12.0 Å². The highest BCUT2D eigenvalue weighted by atomic mass is 35.5. The van der Waals surface area contributed by atoms with Crippen LogP contribution in [0.5, 0.6) is 5.75 Å². The van der Waals surface area contributed by atoms with Crippen LogP contribution in [0.25, 0.3) is 0 Å². The Labute approximate surface area is 303 Å². The first kappa shape index (κ1) is 42.0. The number of rotatable bonds is 16. The number of nitrogens with one attached hydrogen (secondary N) is 2. The number of cyclic esters (lactones) is 1. The summed E-state index contributed by atoms with van der Waals surface area (Å²) in [7, 11) is 1.42. The van der Waals surface area contributed by atoms with Crippen molar-refractivity contribution in [2.24, 2.45) is 11.3 Å². The van der Waals surface area contributed by atoms with Gasteiger partial charge in [-0.05, 0) is 43.7 Å². The van der Waals surface area contributed by atoms with Gasteiger partial charge in [0.1, 0.15) is 24.0 Å². The maximum Gasteiger partial charge on any atom is 0.514 e. The van der Waals surface area contributed by atoms with Gasteiger partial charge >= 0.3 is 12.1 Å². The second kappa shape index (κ2) is 20.5. The second-order valence-corrected chi connectivity index (χ2v) is 13.4. The van der Waals surface area contributed by atoms with Gasteiger partial charge in [0, 0.05) is 48.4 Å². The molecule has 0 saturated heterocycles. The number of carbonyl (C=O) groups excluding carboxylic acids is 4. The number of allylic oxidation sites excluding steroid dienone is 5. The molecule has 0 saturated carbocycles. The molecule has 0 bridgehead atoms. The Hall–Kier alpha value is -5.17. The van der Waals surface area contributed by atoms with Gasteiger partial charge in [-0.3, -0.25) is 19.7 Å². The molecule has 51 heavy (non-hydrogen) atoms. The Morgan fingerprint density at radius 1 is 1.12 bits per heavy atom. The van der Waals surface area contributed by atoms with E-state index in [0.717, 1.165) is 5.57 Å². The SMILES string of the molecule is COC1=CCC([C@@H](C)/C=C(C)/C=C\C=C/C(=O)N[C@H](C(=O)N/C=C\CC(C/C=C(\C)Cl)OC(=O)Oc2ccc([N+](=O)[O-])cc2)C(C)(C)C)OC1=O. The van der Waals surface area contributed by atoms with Crippen molar-refractivity contribution in [1.82, 2.24) is 10.6 Å². The summed E-state index contributed by atoms with van der Waals surface area (Å²) in [4.78, 5) is 60.4. The highest BCUT2D eigenvalue weighted by Crippen LogP contribution is 2.23. The van der Waals surface area contributed by atoms with E-state index >= 15 is 0 Å². The summed E-state index contributed by atoms with van der Waals surface area (Å²) in [6.45, 7) is 11.0. The molecule has 1 aromatic carbocycles. The largest absolute Gasteiger partial charge is 0.514 e. The molecule has 4 atom stereocenters. The van der Waals surface area contributed by atoms with E-state index in [0.29, 0.717) is 11.5 Å². The van der Waals surface area contributed by atoms with Crippen LogP contribution in [0.2, 0.25) is 0 Å². The number of carbonyl (C=O) groups is 4. The molecule has 1 aliphatic heterocycles. The number of nitro groups is 1. The van der Waals surface area contributed by atoms with Crippen molar-refractivity contribution in [2.45, 2.75) is 79.1 Å². The van der Waals surface area contributed by atoms with Crippen molar-refractivity contribution >= 4 is 41.2 Å². The van der Waals surface area contributed by atoms with E-state index < -0.39 is 46.4 Å². The Kier molecular flexibility index (Phi) is 16.9. The van der Waals surface area contributed by atoms with Gasteiger partial charge in [-0.2, -0.15) is 0 Å². The number of methoxy groups -OCH3 is 1. The number of esters is 1. The first-order valence-electron chi connectivity index (χ1n) is 16.2. The minimum absolute atomic E-state index is 0.0447. The smallest absolute Gasteiger partial charge is 0.490 e. The van der Waals surface area contributed by atoms with Gasteiger partial charge < -0.3 is 29.6 Å². The zero-order valence-electron chi connectivity index (χ0n) is 29.8. The first-order valence-corrected chi connectivity index (χ1v) is 16.6. The molecular weight excluding hydrogens is 682 g/mol. The number of non-ortho nitro benzene ring substituents is 1. The van der Waals surface area contributed by atoms with Gasteiger partial charge in [-0.15, -0.1) is 0 Å². The molecule has 2 N–H and O–H groups in total. The van der Waals surface area contributed by atoms with E-state index in [9.17, 15) is 29.3 Å². The lowest BCUT2D eigenvalue weighted by Crippen LogP contribution is -2.52. The van der Waals surface area contributed by atoms with Gasteiger partial charge in [0.25, 0.3) is 5.69 Å². The van der Waals surface area contributed by atoms with Crippen LogP contribution >= 0.6 is 11.6 Å². The molecule has 0 aromatic heterocycles. The van der Waals surface area contributed by atoms with Crippen molar-refractivity contribution in [3.8, 4) is 5.75 Å². The number of benzene rings is 1. The van der Waals surface area contributed by atoms with Crippen molar-refractivity contribution in [3.63, 3.8) is 0 Å². The van der Waals surface area contributed by atoms with Gasteiger partial charge in [0.15, 0.2) is 5.76 Å². The quantitative estimate of drug-likeness (QED) is 0.0447. The molecule has 0 aliphatic carbocycles. The van der Waals surface area contributed by atoms with Gasteiger partial charge in [-0.1, -0.05) is 81.3 Å². The summed E-state index contributed by atoms with van der Waals surface area (Å²) < 4.78 is 21.0. The van der Waals surface area contributed by atoms with Crippen LogP contribution in [0.1, 0.15) is 60.8 Å². The average Bonchev–Trinajstić information content (AvgIpc) is 3.05. The molecule has 1 heterocycles. The van der Waals surface area contributed by atoms with Crippen molar-refractivity contribution in [2.75, 3.05) is 7.11 Å². The van der Waals surface area contributed by atoms with Crippen LogP contribution in [0, 0.1) is 21.4 Å². The number of amides is 2. The number of halogens is 1. The molecule has 1 aliphatic rings. The fourth-order valence-corrected chi connectivity index (χ4v) is 4.74. The minimum Gasteiger partial charge on any atom is -0.490 e. The average molecular weight is 728 g/mol. The Balaban J connectivity index is 1.94. The Morgan fingerprint density at radius 3 is 2.37 bits per heavy atom. The second-order valence-electron chi connectivity index (χ2n) is 12.8.